The molecule has 16 nitrogen and oxygen atoms in total. The monoisotopic (exact) mass is 972 g/mol. The van der Waals surface area contributed by atoms with Gasteiger partial charge in [-0.3, -0.25) is 48.6 Å². The SMILES string of the molecule is CCc1ccc(C(COc2ccc(Cc3sc(=O)n(CCc4ccc(C(COc5ccc(CC6(C)SC(=O)NC6=O)cc5)SOC(=O)CCC(=O)O)cn4)c3O)cc2)OC(=O)C(C)(C)C)cn1. The van der Waals surface area contributed by atoms with Gasteiger partial charge in [-0.15, -0.1) is 0 Å². The number of carbonyl (C=O) groups is 5. The number of carboxylic acid groups (broad SMARTS) is 1. The van der Waals surface area contributed by atoms with Crippen LogP contribution in [0.3, 0.4) is 0 Å². The number of hydrogen-bond donors (Lipinski definition) is 3. The number of esters is 1. The Labute approximate surface area is 400 Å². The molecule has 2 aromatic carbocycles. The Balaban J connectivity index is 1.05. The number of rotatable bonds is 22. The largest absolute Gasteiger partial charge is 0.494 e. The van der Waals surface area contributed by atoms with Gasteiger partial charge < -0.3 is 28.6 Å². The number of aromatic nitrogens is 3. The number of ether oxygens (including phenoxy) is 3. The van der Waals surface area contributed by atoms with E-state index in [1.807, 2.05) is 31.2 Å². The van der Waals surface area contributed by atoms with E-state index in [-0.39, 0.29) is 60.5 Å². The van der Waals surface area contributed by atoms with Crippen LogP contribution in [0.2, 0.25) is 0 Å². The van der Waals surface area contributed by atoms with E-state index >= 15 is 0 Å². The lowest BCUT2D eigenvalue weighted by Gasteiger charge is -2.24. The van der Waals surface area contributed by atoms with Crippen LogP contribution in [-0.4, -0.2) is 71.8 Å². The fourth-order valence-electron chi connectivity index (χ4n) is 6.58. The van der Waals surface area contributed by atoms with Crippen molar-refractivity contribution < 1.29 is 52.6 Å². The summed E-state index contributed by atoms with van der Waals surface area (Å²) in [5, 5.41) is 21.5. The maximum atomic E-state index is 13.1. The summed E-state index contributed by atoms with van der Waals surface area (Å²) in [6.07, 6.45) is 3.69. The molecule has 1 aliphatic heterocycles. The van der Waals surface area contributed by atoms with Gasteiger partial charge in [0.15, 0.2) is 6.10 Å². The topological polar surface area (TPSA) is 223 Å². The van der Waals surface area contributed by atoms with Crippen molar-refractivity contribution in [3.05, 3.63) is 133 Å². The molecule has 1 saturated heterocycles. The first kappa shape index (κ1) is 50.2. The Morgan fingerprint density at radius 2 is 1.48 bits per heavy atom. The molecule has 354 valence electrons. The molecule has 5 aromatic rings. The van der Waals surface area contributed by atoms with E-state index in [4.69, 9.17) is 23.5 Å². The lowest BCUT2D eigenvalue weighted by molar-refractivity contribution is -0.160. The molecule has 0 bridgehead atoms. The van der Waals surface area contributed by atoms with Crippen LogP contribution in [0.15, 0.2) is 90.0 Å². The van der Waals surface area contributed by atoms with E-state index in [1.165, 1.54) is 4.57 Å². The first-order chi connectivity index (χ1) is 31.9. The number of hydrogen-bond acceptors (Lipinski definition) is 16. The molecule has 0 spiro atoms. The van der Waals surface area contributed by atoms with E-state index in [9.17, 15) is 33.9 Å². The second-order valence-corrected chi connectivity index (χ2v) is 20.4. The molecule has 6 rings (SSSR count). The number of carboxylic acids is 1. The third kappa shape index (κ3) is 14.2. The third-order valence-electron chi connectivity index (χ3n) is 10.6. The molecule has 0 saturated carbocycles. The number of thioether (sulfide) groups is 1. The molecule has 0 aliphatic carbocycles. The summed E-state index contributed by atoms with van der Waals surface area (Å²) in [5.74, 6) is -1.60. The zero-order chi connectivity index (χ0) is 48.3. The van der Waals surface area contributed by atoms with Crippen molar-refractivity contribution >= 4 is 64.2 Å². The normalized spacial score (nSPS) is 15.7. The molecule has 2 amide bonds. The lowest BCUT2D eigenvalue weighted by Crippen LogP contribution is -2.35. The van der Waals surface area contributed by atoms with Gasteiger partial charge in [0.2, 0.25) is 11.8 Å². The molecule has 0 radical (unpaired) electrons. The summed E-state index contributed by atoms with van der Waals surface area (Å²) in [7, 11) is 0. The van der Waals surface area contributed by atoms with Gasteiger partial charge in [-0.2, -0.15) is 0 Å². The van der Waals surface area contributed by atoms with Crippen LogP contribution in [0.4, 0.5) is 4.79 Å². The van der Waals surface area contributed by atoms with Crippen LogP contribution in [0.25, 0.3) is 0 Å². The number of benzene rings is 2. The smallest absolute Gasteiger partial charge is 0.318 e. The van der Waals surface area contributed by atoms with Crippen LogP contribution >= 0.6 is 35.1 Å². The summed E-state index contributed by atoms with van der Waals surface area (Å²) in [6, 6.07) is 21.7. The zero-order valence-electron chi connectivity index (χ0n) is 37.6. The number of pyridine rings is 2. The summed E-state index contributed by atoms with van der Waals surface area (Å²) in [4.78, 5) is 82.4. The molecule has 3 aromatic heterocycles. The van der Waals surface area contributed by atoms with Gasteiger partial charge in [-0.1, -0.05) is 54.7 Å². The Hall–Kier alpha value is -6.18. The minimum absolute atomic E-state index is 0.0413. The van der Waals surface area contributed by atoms with Crippen molar-refractivity contribution in [1.82, 2.24) is 19.9 Å². The quantitative estimate of drug-likeness (QED) is 0.0442. The number of amides is 2. The van der Waals surface area contributed by atoms with Crippen molar-refractivity contribution in [2.24, 2.45) is 5.41 Å². The van der Waals surface area contributed by atoms with Crippen LogP contribution in [0, 0.1) is 5.41 Å². The molecule has 3 unspecified atom stereocenters. The van der Waals surface area contributed by atoms with Crippen LogP contribution in [0.5, 0.6) is 17.4 Å². The highest BCUT2D eigenvalue weighted by Gasteiger charge is 2.43. The fraction of sp³-hybridized carbons (Fsp3) is 0.375. The average Bonchev–Trinajstić information content (AvgIpc) is 3.72. The average molecular weight is 973 g/mol. The molecule has 1 aliphatic rings. The number of carbonyl (C=O) groups excluding carboxylic acids is 4. The molecular weight excluding hydrogens is 921 g/mol. The van der Waals surface area contributed by atoms with Gasteiger partial charge in [0.05, 0.1) is 35.2 Å². The van der Waals surface area contributed by atoms with Gasteiger partial charge in [-0.25, -0.2) is 0 Å². The van der Waals surface area contributed by atoms with E-state index in [0.717, 1.165) is 63.9 Å². The van der Waals surface area contributed by atoms with Gasteiger partial charge >= 0.3 is 22.8 Å². The third-order valence-corrected chi connectivity index (χ3v) is 13.5. The second-order valence-electron chi connectivity index (χ2n) is 17.0. The van der Waals surface area contributed by atoms with Crippen molar-refractivity contribution in [3.8, 4) is 17.4 Å². The maximum absolute atomic E-state index is 13.1. The molecule has 3 atom stereocenters. The van der Waals surface area contributed by atoms with E-state index in [0.29, 0.717) is 46.9 Å². The van der Waals surface area contributed by atoms with Crippen LogP contribution in [-0.2, 0) is 60.3 Å². The van der Waals surface area contributed by atoms with E-state index in [2.05, 4.69) is 15.3 Å². The molecule has 19 heteroatoms. The number of nitrogens with one attached hydrogen (secondary N) is 1. The Morgan fingerprint density at radius 3 is 2.06 bits per heavy atom. The summed E-state index contributed by atoms with van der Waals surface area (Å²) in [6.45, 7) is 9.37. The first-order valence-corrected chi connectivity index (χ1v) is 23.9. The van der Waals surface area contributed by atoms with Gasteiger partial charge in [0.25, 0.3) is 5.24 Å². The number of thiazole rings is 1. The summed E-state index contributed by atoms with van der Waals surface area (Å²) in [5.41, 5.74) is 3.89. The number of aliphatic carboxylic acids is 1. The molecule has 4 heterocycles. The highest BCUT2D eigenvalue weighted by molar-refractivity contribution is 8.16. The predicted molar refractivity (Wildman–Crippen MR) is 253 cm³/mol. The number of imide groups is 1. The fourth-order valence-corrected chi connectivity index (χ4v) is 9.14. The van der Waals surface area contributed by atoms with Crippen molar-refractivity contribution in [1.29, 1.82) is 0 Å². The van der Waals surface area contributed by atoms with Crippen LogP contribution in [0.1, 0.15) is 97.3 Å². The van der Waals surface area contributed by atoms with Gasteiger partial charge in [0.1, 0.15) is 34.7 Å². The minimum atomic E-state index is -1.12. The minimum Gasteiger partial charge on any atom is -0.494 e. The Morgan fingerprint density at radius 1 is 0.851 bits per heavy atom. The van der Waals surface area contributed by atoms with Crippen molar-refractivity contribution in [2.45, 2.75) is 95.8 Å². The number of nitrogens with zero attached hydrogens (tertiary/aromatic N) is 3. The Kier molecular flexibility index (Phi) is 16.9. The van der Waals surface area contributed by atoms with Gasteiger partial charge in [0, 0.05) is 48.7 Å². The zero-order valence-corrected chi connectivity index (χ0v) is 40.1. The van der Waals surface area contributed by atoms with Crippen molar-refractivity contribution in [2.75, 3.05) is 13.2 Å². The van der Waals surface area contributed by atoms with E-state index < -0.39 is 33.5 Å². The summed E-state index contributed by atoms with van der Waals surface area (Å²) >= 11 is 2.73. The molecular formula is C48H52N4O12S3. The lowest BCUT2D eigenvalue weighted by atomic mass is 9.97. The second kappa shape index (κ2) is 22.5. The maximum Gasteiger partial charge on any atom is 0.318 e. The predicted octanol–water partition coefficient (Wildman–Crippen LogP) is 7.97. The van der Waals surface area contributed by atoms with E-state index in [1.54, 1.807) is 88.6 Å². The number of aryl methyl sites for hydroxylation is 2. The van der Waals surface area contributed by atoms with Crippen LogP contribution < -0.4 is 19.7 Å². The summed E-state index contributed by atoms with van der Waals surface area (Å²) < 4.78 is 23.7. The molecule has 3 N–H and O–H groups in total. The molecule has 67 heavy (non-hydrogen) atoms. The highest BCUT2D eigenvalue weighted by atomic mass is 32.2. The standard InChI is InChI=1S/C48H52N4O12S3/c1-6-33-13-11-31(25-49-33)37(63-44(58)47(2,3)4)27-61-35-15-7-29(8-16-35)23-38-42(56)52(46(60)65-38)22-21-34-14-12-32(26-50-34)39(67-64-41(55)20-19-40(53)54)28-62-36-17-9-30(10-18-36)24-48(5)43(57)51-45(59)66-48/h7-18,25-26,37,39,56H,6,19-24,27-28H2,1-5H3,(H,53,54)(H,51,57,59). The Bertz CT molecular complexity index is 2590. The molecule has 1 fully saturated rings. The van der Waals surface area contributed by atoms with Crippen molar-refractivity contribution in [3.63, 3.8) is 0 Å². The van der Waals surface area contributed by atoms with Gasteiger partial charge in [-0.05, 0) is 105 Å². The highest BCUT2D eigenvalue weighted by Crippen LogP contribution is 2.36. The first-order valence-electron chi connectivity index (χ1n) is 21.5. The number of aromatic hydroxyl groups is 1.